The molecule has 178 valence electrons. The summed E-state index contributed by atoms with van der Waals surface area (Å²) in [6.45, 7) is 7.67. The predicted molar refractivity (Wildman–Crippen MR) is 123 cm³/mol. The van der Waals surface area contributed by atoms with Gasteiger partial charge in [0.25, 0.3) is 5.91 Å². The predicted octanol–water partition coefficient (Wildman–Crippen LogP) is 4.42. The minimum atomic E-state index is -3.68. The van der Waals surface area contributed by atoms with Crippen molar-refractivity contribution >= 4 is 27.5 Å². The molecule has 1 aliphatic heterocycles. The molecule has 2 aromatic carbocycles. The van der Waals surface area contributed by atoms with Crippen LogP contribution in [-0.4, -0.2) is 49.8 Å². The van der Waals surface area contributed by atoms with E-state index in [4.69, 9.17) is 4.74 Å². The third-order valence-corrected chi connectivity index (χ3v) is 7.15. The molecule has 1 atom stereocenters. The molecule has 1 aliphatic rings. The van der Waals surface area contributed by atoms with Gasteiger partial charge in [-0.15, -0.1) is 0 Å². The van der Waals surface area contributed by atoms with Crippen LogP contribution in [0.3, 0.4) is 0 Å². The third-order valence-electron chi connectivity index (χ3n) is 5.26. The summed E-state index contributed by atoms with van der Waals surface area (Å²) in [6, 6.07) is 10.0. The molecule has 1 heterocycles. The van der Waals surface area contributed by atoms with Crippen molar-refractivity contribution in [3.63, 3.8) is 0 Å². The van der Waals surface area contributed by atoms with Gasteiger partial charge in [0.1, 0.15) is 11.4 Å². The molecular weight excluding hydrogens is 447 g/mol. The molecular formula is C24H29FN2O5S. The van der Waals surface area contributed by atoms with E-state index in [0.29, 0.717) is 30.8 Å². The molecule has 7 nitrogen and oxygen atoms in total. The van der Waals surface area contributed by atoms with E-state index in [9.17, 15) is 22.4 Å². The molecule has 1 saturated heterocycles. The largest absolute Gasteiger partial charge is 0.444 e. The molecule has 0 radical (unpaired) electrons. The highest BCUT2D eigenvalue weighted by Crippen LogP contribution is 2.24. The van der Waals surface area contributed by atoms with Gasteiger partial charge in [0.05, 0.1) is 10.6 Å². The number of rotatable bonds is 5. The average Bonchev–Trinajstić information content (AvgIpc) is 3.17. The lowest BCUT2D eigenvalue weighted by molar-refractivity contribution is 0.0289. The standard InChI is InChI=1S/C24H29FN2O5S/c1-16-12-19(8-9-21(16)25)26-22(28)18-6-5-7-20(13-18)33(30,31)15-17-10-11-27(14-17)23(29)32-24(2,3)4/h5-9,12-13,17H,10-11,14-15H2,1-4H3,(H,26,28). The Morgan fingerprint density at radius 2 is 1.91 bits per heavy atom. The van der Waals surface area contributed by atoms with Gasteiger partial charge in [-0.1, -0.05) is 6.07 Å². The fraction of sp³-hybridized carbons (Fsp3) is 0.417. The number of benzene rings is 2. The smallest absolute Gasteiger partial charge is 0.410 e. The SMILES string of the molecule is Cc1cc(NC(=O)c2cccc(S(=O)(=O)CC3CCN(C(=O)OC(C)(C)C)C3)c2)ccc1F. The van der Waals surface area contributed by atoms with Crippen molar-refractivity contribution in [2.75, 3.05) is 24.2 Å². The summed E-state index contributed by atoms with van der Waals surface area (Å²) in [7, 11) is -3.68. The maximum atomic E-state index is 13.4. The second-order valence-electron chi connectivity index (χ2n) is 9.31. The van der Waals surface area contributed by atoms with Gasteiger partial charge in [-0.2, -0.15) is 0 Å². The van der Waals surface area contributed by atoms with Gasteiger partial charge in [-0.3, -0.25) is 4.79 Å². The molecule has 33 heavy (non-hydrogen) atoms. The molecule has 0 saturated carbocycles. The zero-order valence-electron chi connectivity index (χ0n) is 19.2. The van der Waals surface area contributed by atoms with E-state index in [0.717, 1.165) is 0 Å². The van der Waals surface area contributed by atoms with Crippen LogP contribution in [-0.2, 0) is 14.6 Å². The minimum Gasteiger partial charge on any atom is -0.444 e. The normalized spacial score (nSPS) is 16.5. The van der Waals surface area contributed by atoms with Gasteiger partial charge in [0, 0.05) is 24.3 Å². The van der Waals surface area contributed by atoms with Gasteiger partial charge in [0.15, 0.2) is 9.84 Å². The molecule has 1 N–H and O–H groups in total. The number of halogens is 1. The third kappa shape index (κ3) is 6.54. The lowest BCUT2D eigenvalue weighted by Gasteiger charge is -2.24. The van der Waals surface area contributed by atoms with E-state index < -0.39 is 27.4 Å². The van der Waals surface area contributed by atoms with Crippen molar-refractivity contribution in [2.45, 2.75) is 44.6 Å². The lowest BCUT2D eigenvalue weighted by Crippen LogP contribution is -2.35. The van der Waals surface area contributed by atoms with E-state index in [1.54, 1.807) is 27.7 Å². The van der Waals surface area contributed by atoms with Crippen LogP contribution in [0.25, 0.3) is 0 Å². The number of likely N-dealkylation sites (tertiary alicyclic amines) is 1. The average molecular weight is 477 g/mol. The summed E-state index contributed by atoms with van der Waals surface area (Å²) >= 11 is 0. The maximum Gasteiger partial charge on any atom is 0.410 e. The van der Waals surface area contributed by atoms with Crippen LogP contribution in [0, 0.1) is 18.7 Å². The molecule has 9 heteroatoms. The molecule has 0 aliphatic carbocycles. The first kappa shape index (κ1) is 24.7. The van der Waals surface area contributed by atoms with Crippen LogP contribution < -0.4 is 5.32 Å². The van der Waals surface area contributed by atoms with Gasteiger partial charge in [-0.25, -0.2) is 17.6 Å². The van der Waals surface area contributed by atoms with E-state index in [-0.39, 0.29) is 27.9 Å². The van der Waals surface area contributed by atoms with Crippen molar-refractivity contribution in [1.82, 2.24) is 4.90 Å². The van der Waals surface area contributed by atoms with E-state index in [2.05, 4.69) is 5.32 Å². The number of carbonyl (C=O) groups excluding carboxylic acids is 2. The number of anilines is 1. The maximum absolute atomic E-state index is 13.4. The Morgan fingerprint density at radius 3 is 2.58 bits per heavy atom. The number of amides is 2. The van der Waals surface area contributed by atoms with Crippen molar-refractivity contribution in [3.05, 3.63) is 59.4 Å². The molecule has 2 aromatic rings. The monoisotopic (exact) mass is 476 g/mol. The van der Waals surface area contributed by atoms with Gasteiger partial charge in [-0.05, 0) is 82.0 Å². The van der Waals surface area contributed by atoms with Crippen LogP contribution in [0.4, 0.5) is 14.9 Å². The molecule has 0 bridgehead atoms. The van der Waals surface area contributed by atoms with Gasteiger partial charge >= 0.3 is 6.09 Å². The highest BCUT2D eigenvalue weighted by atomic mass is 32.2. The van der Waals surface area contributed by atoms with E-state index >= 15 is 0 Å². The molecule has 0 spiro atoms. The van der Waals surface area contributed by atoms with Crippen molar-refractivity contribution in [3.8, 4) is 0 Å². The lowest BCUT2D eigenvalue weighted by atomic mass is 10.2. The number of nitrogens with zero attached hydrogens (tertiary/aromatic N) is 1. The van der Waals surface area contributed by atoms with E-state index in [1.807, 2.05) is 0 Å². The summed E-state index contributed by atoms with van der Waals surface area (Å²) in [6.07, 6.45) is 0.111. The number of nitrogens with one attached hydrogen (secondary N) is 1. The first-order chi connectivity index (χ1) is 15.3. The Balaban J connectivity index is 1.67. The van der Waals surface area contributed by atoms with Crippen molar-refractivity contribution in [2.24, 2.45) is 5.92 Å². The summed E-state index contributed by atoms with van der Waals surface area (Å²) in [4.78, 5) is 26.4. The van der Waals surface area contributed by atoms with Crippen LogP contribution in [0.15, 0.2) is 47.4 Å². The van der Waals surface area contributed by atoms with Gasteiger partial charge < -0.3 is 15.0 Å². The summed E-state index contributed by atoms with van der Waals surface area (Å²) in [5, 5.41) is 2.66. The fourth-order valence-corrected chi connectivity index (χ4v) is 5.30. The molecule has 0 aromatic heterocycles. The van der Waals surface area contributed by atoms with Crippen molar-refractivity contribution in [1.29, 1.82) is 0 Å². The summed E-state index contributed by atoms with van der Waals surface area (Å²) in [5.74, 6) is -1.22. The first-order valence-electron chi connectivity index (χ1n) is 10.7. The van der Waals surface area contributed by atoms with Crippen LogP contribution in [0.1, 0.15) is 43.1 Å². The highest BCUT2D eigenvalue weighted by Gasteiger charge is 2.33. The Bertz CT molecular complexity index is 1160. The Hall–Kier alpha value is -2.94. The quantitative estimate of drug-likeness (QED) is 0.690. The minimum absolute atomic E-state index is 0.0427. The Kier molecular flexibility index (Phi) is 7.11. The fourth-order valence-electron chi connectivity index (χ4n) is 3.62. The molecule has 1 unspecified atom stereocenters. The second-order valence-corrected chi connectivity index (χ2v) is 11.3. The van der Waals surface area contributed by atoms with Crippen LogP contribution in [0.5, 0.6) is 0 Å². The molecule has 3 rings (SSSR count). The topological polar surface area (TPSA) is 92.8 Å². The number of ether oxygens (including phenoxy) is 1. The zero-order chi connectivity index (χ0) is 24.4. The zero-order valence-corrected chi connectivity index (χ0v) is 20.0. The number of sulfone groups is 1. The highest BCUT2D eigenvalue weighted by molar-refractivity contribution is 7.91. The molecule has 2 amide bonds. The number of hydrogen-bond acceptors (Lipinski definition) is 5. The van der Waals surface area contributed by atoms with Gasteiger partial charge in [0.2, 0.25) is 0 Å². The first-order valence-corrected chi connectivity index (χ1v) is 12.4. The molecule has 1 fully saturated rings. The van der Waals surface area contributed by atoms with Crippen LogP contribution in [0.2, 0.25) is 0 Å². The number of carbonyl (C=O) groups is 2. The number of hydrogen-bond donors (Lipinski definition) is 1. The van der Waals surface area contributed by atoms with Crippen LogP contribution >= 0.6 is 0 Å². The summed E-state index contributed by atoms with van der Waals surface area (Å²) in [5.41, 5.74) is 0.371. The summed E-state index contributed by atoms with van der Waals surface area (Å²) < 4.78 is 44.8. The second kappa shape index (κ2) is 9.51. The Labute approximate surface area is 193 Å². The Morgan fingerprint density at radius 1 is 1.18 bits per heavy atom. The van der Waals surface area contributed by atoms with Crippen molar-refractivity contribution < 1.29 is 27.1 Å². The van der Waals surface area contributed by atoms with E-state index in [1.165, 1.54) is 47.4 Å². The number of aryl methyl sites for hydroxylation is 1.